The third kappa shape index (κ3) is 3.04. The van der Waals surface area contributed by atoms with Gasteiger partial charge in [0.25, 0.3) is 0 Å². The molecule has 0 spiro atoms. The lowest BCUT2D eigenvalue weighted by atomic mass is 10.0. The molecule has 1 atom stereocenters. The minimum Gasteiger partial charge on any atom is -0.380 e. The fourth-order valence-electron chi connectivity index (χ4n) is 1.91. The van der Waals surface area contributed by atoms with Crippen LogP contribution in [0.3, 0.4) is 0 Å². The number of benzene rings is 2. The minimum absolute atomic E-state index is 0.522. The molecule has 0 amide bonds. The summed E-state index contributed by atoms with van der Waals surface area (Å²) in [4.78, 5) is 0. The molecule has 0 fully saturated rings. The van der Waals surface area contributed by atoms with Crippen molar-refractivity contribution in [2.24, 2.45) is 0 Å². The standard InChI is InChI=1S/C16H15IO/c1-2-5-14(18)11-10-13-7-3-6-12-8-4-9-15(17)16(12)13/h3-4,6-9,14,18H,2,5H2,1H3. The van der Waals surface area contributed by atoms with E-state index in [1.54, 1.807) is 0 Å². The van der Waals surface area contributed by atoms with Gasteiger partial charge in [-0.25, -0.2) is 0 Å². The van der Waals surface area contributed by atoms with Gasteiger partial charge >= 0.3 is 0 Å². The molecule has 1 nitrogen and oxygen atoms in total. The van der Waals surface area contributed by atoms with Crippen LogP contribution in [-0.4, -0.2) is 11.2 Å². The van der Waals surface area contributed by atoms with E-state index < -0.39 is 6.10 Å². The first kappa shape index (κ1) is 13.4. The Kier molecular flexibility index (Phi) is 4.62. The third-order valence-electron chi connectivity index (χ3n) is 2.79. The molecule has 1 N–H and O–H groups in total. The van der Waals surface area contributed by atoms with Gasteiger partial charge in [0.1, 0.15) is 6.10 Å². The summed E-state index contributed by atoms with van der Waals surface area (Å²) in [7, 11) is 0. The zero-order valence-electron chi connectivity index (χ0n) is 10.3. The number of aliphatic hydroxyl groups excluding tert-OH is 1. The number of halogens is 1. The van der Waals surface area contributed by atoms with Crippen LogP contribution in [0.2, 0.25) is 0 Å². The SMILES string of the molecule is CCCC(O)C#Cc1cccc2cccc(I)c12. The van der Waals surface area contributed by atoms with Crippen molar-refractivity contribution in [1.29, 1.82) is 0 Å². The Morgan fingerprint density at radius 1 is 1.22 bits per heavy atom. The van der Waals surface area contributed by atoms with E-state index in [1.807, 2.05) is 25.1 Å². The van der Waals surface area contributed by atoms with Gasteiger partial charge in [0.15, 0.2) is 0 Å². The van der Waals surface area contributed by atoms with Gasteiger partial charge in [0, 0.05) is 14.5 Å². The van der Waals surface area contributed by atoms with Gasteiger partial charge in [-0.3, -0.25) is 0 Å². The van der Waals surface area contributed by atoms with Gasteiger partial charge in [-0.15, -0.1) is 0 Å². The van der Waals surface area contributed by atoms with Gasteiger partial charge in [0.2, 0.25) is 0 Å². The van der Waals surface area contributed by atoms with Crippen molar-refractivity contribution < 1.29 is 5.11 Å². The molecule has 0 heterocycles. The van der Waals surface area contributed by atoms with Crippen molar-refractivity contribution in [3.8, 4) is 11.8 Å². The lowest BCUT2D eigenvalue weighted by molar-refractivity contribution is 0.221. The first-order chi connectivity index (χ1) is 8.72. The van der Waals surface area contributed by atoms with E-state index in [2.05, 4.69) is 52.6 Å². The summed E-state index contributed by atoms with van der Waals surface area (Å²) in [6.45, 7) is 2.05. The van der Waals surface area contributed by atoms with E-state index in [0.29, 0.717) is 0 Å². The van der Waals surface area contributed by atoms with Crippen molar-refractivity contribution in [3.05, 3.63) is 45.5 Å². The summed E-state index contributed by atoms with van der Waals surface area (Å²) in [6.07, 6.45) is 1.16. The average Bonchev–Trinajstić information content (AvgIpc) is 2.37. The molecule has 0 aliphatic rings. The summed E-state index contributed by atoms with van der Waals surface area (Å²) < 4.78 is 1.19. The Labute approximate surface area is 121 Å². The van der Waals surface area contributed by atoms with Crippen LogP contribution in [0.15, 0.2) is 36.4 Å². The normalized spacial score (nSPS) is 11.9. The molecule has 0 aliphatic heterocycles. The van der Waals surface area contributed by atoms with Gasteiger partial charge in [0.05, 0.1) is 0 Å². The van der Waals surface area contributed by atoms with E-state index in [-0.39, 0.29) is 0 Å². The summed E-state index contributed by atoms with van der Waals surface area (Å²) in [5, 5.41) is 12.0. The monoisotopic (exact) mass is 350 g/mol. The summed E-state index contributed by atoms with van der Waals surface area (Å²) >= 11 is 2.33. The maximum atomic E-state index is 9.68. The molecule has 0 saturated heterocycles. The molecule has 1 unspecified atom stereocenters. The van der Waals surface area contributed by atoms with Gasteiger partial charge in [-0.2, -0.15) is 0 Å². The van der Waals surface area contributed by atoms with Crippen molar-refractivity contribution >= 4 is 33.4 Å². The fourth-order valence-corrected chi connectivity index (χ4v) is 2.72. The van der Waals surface area contributed by atoms with Crippen LogP contribution in [-0.2, 0) is 0 Å². The van der Waals surface area contributed by atoms with Gasteiger partial charge in [-0.1, -0.05) is 49.5 Å². The molecule has 0 saturated carbocycles. The summed E-state index contributed by atoms with van der Waals surface area (Å²) in [5.74, 6) is 6.03. The van der Waals surface area contributed by atoms with E-state index in [1.165, 1.54) is 14.3 Å². The molecule has 18 heavy (non-hydrogen) atoms. The van der Waals surface area contributed by atoms with Crippen LogP contribution < -0.4 is 0 Å². The van der Waals surface area contributed by atoms with E-state index in [9.17, 15) is 5.11 Å². The molecule has 0 bridgehead atoms. The predicted molar refractivity (Wildman–Crippen MR) is 84.5 cm³/mol. The predicted octanol–water partition coefficient (Wildman–Crippen LogP) is 3.96. The van der Waals surface area contributed by atoms with Crippen molar-refractivity contribution in [2.45, 2.75) is 25.9 Å². The van der Waals surface area contributed by atoms with Gasteiger partial charge < -0.3 is 5.11 Å². The molecule has 2 rings (SSSR count). The second kappa shape index (κ2) is 6.21. The quantitative estimate of drug-likeness (QED) is 0.642. The topological polar surface area (TPSA) is 20.2 Å². The minimum atomic E-state index is -0.522. The van der Waals surface area contributed by atoms with E-state index in [4.69, 9.17) is 0 Å². The molecule has 2 heteroatoms. The lowest BCUT2D eigenvalue weighted by Gasteiger charge is -2.03. The third-order valence-corrected chi connectivity index (χ3v) is 3.69. The second-order valence-electron chi connectivity index (χ2n) is 4.22. The van der Waals surface area contributed by atoms with Crippen LogP contribution in [0.5, 0.6) is 0 Å². The van der Waals surface area contributed by atoms with E-state index in [0.717, 1.165) is 18.4 Å². The number of aliphatic hydroxyl groups is 1. The summed E-state index contributed by atoms with van der Waals surface area (Å²) in [6, 6.07) is 12.3. The first-order valence-electron chi connectivity index (χ1n) is 6.09. The first-order valence-corrected chi connectivity index (χ1v) is 7.17. The van der Waals surface area contributed by atoms with Crippen LogP contribution in [0, 0.1) is 15.4 Å². The second-order valence-corrected chi connectivity index (χ2v) is 5.38. The lowest BCUT2D eigenvalue weighted by Crippen LogP contribution is -2.01. The maximum Gasteiger partial charge on any atom is 0.115 e. The number of hydrogen-bond donors (Lipinski definition) is 1. The molecule has 2 aromatic rings. The Balaban J connectivity index is 2.45. The molecule has 0 radical (unpaired) electrons. The number of fused-ring (bicyclic) bond motifs is 1. The summed E-state index contributed by atoms with van der Waals surface area (Å²) in [5.41, 5.74) is 0.993. The largest absolute Gasteiger partial charge is 0.380 e. The highest BCUT2D eigenvalue weighted by molar-refractivity contribution is 14.1. The highest BCUT2D eigenvalue weighted by atomic mass is 127. The van der Waals surface area contributed by atoms with Crippen molar-refractivity contribution in [1.82, 2.24) is 0 Å². The van der Waals surface area contributed by atoms with Crippen molar-refractivity contribution in [2.75, 3.05) is 0 Å². The Hall–Kier alpha value is -1.05. The molecule has 2 aromatic carbocycles. The Morgan fingerprint density at radius 3 is 2.67 bits per heavy atom. The van der Waals surface area contributed by atoms with Crippen LogP contribution in [0.25, 0.3) is 10.8 Å². The number of rotatable bonds is 2. The Bertz CT molecular complexity index is 602. The van der Waals surface area contributed by atoms with E-state index >= 15 is 0 Å². The smallest absolute Gasteiger partial charge is 0.115 e. The molecular weight excluding hydrogens is 335 g/mol. The van der Waals surface area contributed by atoms with Crippen molar-refractivity contribution in [3.63, 3.8) is 0 Å². The zero-order valence-corrected chi connectivity index (χ0v) is 12.4. The van der Waals surface area contributed by atoms with Gasteiger partial charge in [-0.05, 0) is 46.5 Å². The van der Waals surface area contributed by atoms with Crippen LogP contribution in [0.4, 0.5) is 0 Å². The molecular formula is C16H15IO. The Morgan fingerprint density at radius 2 is 1.94 bits per heavy atom. The number of hydrogen-bond acceptors (Lipinski definition) is 1. The van der Waals surface area contributed by atoms with Crippen LogP contribution in [0.1, 0.15) is 25.3 Å². The van der Waals surface area contributed by atoms with Crippen LogP contribution >= 0.6 is 22.6 Å². The molecule has 0 aliphatic carbocycles. The molecule has 92 valence electrons. The molecule has 0 aromatic heterocycles. The zero-order chi connectivity index (χ0) is 13.0. The maximum absolute atomic E-state index is 9.68. The fraction of sp³-hybridized carbons (Fsp3) is 0.250. The highest BCUT2D eigenvalue weighted by Crippen LogP contribution is 2.23. The average molecular weight is 350 g/mol. The highest BCUT2D eigenvalue weighted by Gasteiger charge is 2.02.